The average molecular weight is 412 g/mol. The van der Waals surface area contributed by atoms with Crippen LogP contribution in [-0.4, -0.2) is 28.7 Å². The molecule has 0 saturated carbocycles. The predicted molar refractivity (Wildman–Crippen MR) is 123 cm³/mol. The highest BCUT2D eigenvalue weighted by Gasteiger charge is 2.09. The molecule has 0 aliphatic heterocycles. The molecule has 0 bridgehead atoms. The molecule has 0 spiro atoms. The zero-order chi connectivity index (χ0) is 21.6. The molecule has 0 unspecified atom stereocenters. The summed E-state index contributed by atoms with van der Waals surface area (Å²) in [6.45, 7) is 4.85. The maximum Gasteiger partial charge on any atom is 0.271 e. The number of fused-ring (bicyclic) bond motifs is 1. The van der Waals surface area contributed by atoms with Gasteiger partial charge in [0.1, 0.15) is 11.6 Å². The first-order valence-electron chi connectivity index (χ1n) is 10.2. The van der Waals surface area contributed by atoms with Crippen molar-refractivity contribution in [3.8, 4) is 17.1 Å². The largest absolute Gasteiger partial charge is 0.493 e. The lowest BCUT2D eigenvalue weighted by atomic mass is 10.2. The van der Waals surface area contributed by atoms with Crippen molar-refractivity contribution in [1.82, 2.24) is 15.4 Å². The summed E-state index contributed by atoms with van der Waals surface area (Å²) in [7, 11) is 0. The molecule has 0 fully saturated rings. The standard InChI is InChI=1S/C25H24N4O2/c1-17(2)16-31-21-10-6-7-18(13-21)15-26-29-25(30)20-11-12-22-23(14-20)28-24(27-22)19-8-4-3-5-9-19/h3-15,17H,16H2,1-2H3,(H,27,28)(H,29,30)/b26-15+. The van der Waals surface area contributed by atoms with Crippen LogP contribution < -0.4 is 10.2 Å². The molecule has 1 aromatic heterocycles. The Balaban J connectivity index is 1.43. The monoisotopic (exact) mass is 412 g/mol. The lowest BCUT2D eigenvalue weighted by molar-refractivity contribution is 0.0955. The third kappa shape index (κ3) is 5.17. The van der Waals surface area contributed by atoms with Gasteiger partial charge in [-0.15, -0.1) is 0 Å². The van der Waals surface area contributed by atoms with E-state index in [9.17, 15) is 4.79 Å². The molecule has 2 N–H and O–H groups in total. The Morgan fingerprint density at radius 2 is 1.94 bits per heavy atom. The molecule has 0 radical (unpaired) electrons. The number of ether oxygens (including phenoxy) is 1. The van der Waals surface area contributed by atoms with Crippen molar-refractivity contribution in [2.24, 2.45) is 11.0 Å². The fraction of sp³-hybridized carbons (Fsp3) is 0.160. The summed E-state index contributed by atoms with van der Waals surface area (Å²) in [6, 6.07) is 22.8. The van der Waals surface area contributed by atoms with Gasteiger partial charge in [-0.2, -0.15) is 5.10 Å². The van der Waals surface area contributed by atoms with Crippen LogP contribution in [0.15, 0.2) is 77.9 Å². The summed E-state index contributed by atoms with van der Waals surface area (Å²) in [5, 5.41) is 4.08. The smallest absolute Gasteiger partial charge is 0.271 e. The predicted octanol–water partition coefficient (Wildman–Crippen LogP) is 5.03. The molecule has 1 amide bonds. The number of carbonyl (C=O) groups excluding carboxylic acids is 1. The molecule has 0 aliphatic rings. The van der Waals surface area contributed by atoms with Crippen LogP contribution in [-0.2, 0) is 0 Å². The second kappa shape index (κ2) is 9.26. The number of rotatable bonds is 7. The number of hydrogen-bond acceptors (Lipinski definition) is 4. The van der Waals surface area contributed by atoms with Crippen molar-refractivity contribution in [2.45, 2.75) is 13.8 Å². The van der Waals surface area contributed by atoms with Crippen molar-refractivity contribution in [3.63, 3.8) is 0 Å². The first-order chi connectivity index (χ1) is 15.1. The van der Waals surface area contributed by atoms with Crippen LogP contribution >= 0.6 is 0 Å². The van der Waals surface area contributed by atoms with Crippen molar-refractivity contribution >= 4 is 23.2 Å². The number of nitrogens with zero attached hydrogens (tertiary/aromatic N) is 2. The minimum absolute atomic E-state index is 0.291. The van der Waals surface area contributed by atoms with Crippen LogP contribution in [0, 0.1) is 5.92 Å². The third-order valence-corrected chi connectivity index (χ3v) is 4.61. The number of aromatic amines is 1. The maximum absolute atomic E-state index is 12.5. The lowest BCUT2D eigenvalue weighted by Gasteiger charge is -2.08. The second-order valence-electron chi connectivity index (χ2n) is 7.66. The second-order valence-corrected chi connectivity index (χ2v) is 7.66. The van der Waals surface area contributed by atoms with E-state index in [2.05, 4.69) is 34.3 Å². The van der Waals surface area contributed by atoms with Gasteiger partial charge in [-0.05, 0) is 41.8 Å². The van der Waals surface area contributed by atoms with E-state index in [1.165, 1.54) is 0 Å². The molecule has 6 nitrogen and oxygen atoms in total. The van der Waals surface area contributed by atoms with Gasteiger partial charge in [-0.3, -0.25) is 4.79 Å². The Bertz CT molecular complexity index is 1210. The van der Waals surface area contributed by atoms with Gasteiger partial charge in [-0.1, -0.05) is 56.3 Å². The molecule has 6 heteroatoms. The minimum Gasteiger partial charge on any atom is -0.493 e. The minimum atomic E-state index is -0.291. The van der Waals surface area contributed by atoms with E-state index in [0.717, 1.165) is 33.7 Å². The Morgan fingerprint density at radius 3 is 2.74 bits per heavy atom. The molecule has 0 atom stereocenters. The number of amides is 1. The quantitative estimate of drug-likeness (QED) is 0.330. The van der Waals surface area contributed by atoms with E-state index in [1.54, 1.807) is 18.3 Å². The summed E-state index contributed by atoms with van der Waals surface area (Å²) in [5.41, 5.74) is 6.52. The highest BCUT2D eigenvalue weighted by atomic mass is 16.5. The number of benzene rings is 3. The summed E-state index contributed by atoms with van der Waals surface area (Å²) in [5.74, 6) is 1.71. The third-order valence-electron chi connectivity index (χ3n) is 4.61. The van der Waals surface area contributed by atoms with Crippen molar-refractivity contribution in [3.05, 3.63) is 83.9 Å². The Labute approximate surface area is 181 Å². The number of nitrogens with one attached hydrogen (secondary N) is 2. The van der Waals surface area contributed by atoms with E-state index in [4.69, 9.17) is 4.74 Å². The van der Waals surface area contributed by atoms with Gasteiger partial charge < -0.3 is 9.72 Å². The summed E-state index contributed by atoms with van der Waals surface area (Å²) < 4.78 is 5.72. The first-order valence-corrected chi connectivity index (χ1v) is 10.2. The van der Waals surface area contributed by atoms with Gasteiger partial charge in [0.2, 0.25) is 0 Å². The van der Waals surface area contributed by atoms with Gasteiger partial charge in [0.25, 0.3) is 5.91 Å². The van der Waals surface area contributed by atoms with Crippen molar-refractivity contribution < 1.29 is 9.53 Å². The fourth-order valence-corrected chi connectivity index (χ4v) is 3.06. The van der Waals surface area contributed by atoms with Crippen LogP contribution in [0.25, 0.3) is 22.4 Å². The van der Waals surface area contributed by atoms with Crippen LogP contribution in [0.1, 0.15) is 29.8 Å². The fourth-order valence-electron chi connectivity index (χ4n) is 3.06. The average Bonchev–Trinajstić information content (AvgIpc) is 3.22. The Morgan fingerprint density at radius 1 is 1.10 bits per heavy atom. The number of H-pyrrole nitrogens is 1. The van der Waals surface area contributed by atoms with E-state index in [0.29, 0.717) is 18.1 Å². The van der Waals surface area contributed by atoms with Crippen LogP contribution in [0.5, 0.6) is 5.75 Å². The summed E-state index contributed by atoms with van der Waals surface area (Å²) in [4.78, 5) is 20.4. The molecule has 31 heavy (non-hydrogen) atoms. The molecule has 0 aliphatic carbocycles. The molecule has 0 saturated heterocycles. The number of aromatic nitrogens is 2. The van der Waals surface area contributed by atoms with Crippen molar-refractivity contribution in [1.29, 1.82) is 0 Å². The topological polar surface area (TPSA) is 79.4 Å². The molecular formula is C25H24N4O2. The number of hydrogen-bond donors (Lipinski definition) is 2. The Kier molecular flexibility index (Phi) is 6.08. The summed E-state index contributed by atoms with van der Waals surface area (Å²) >= 11 is 0. The van der Waals surface area contributed by atoms with Gasteiger partial charge >= 0.3 is 0 Å². The van der Waals surface area contributed by atoms with Crippen LogP contribution in [0.4, 0.5) is 0 Å². The molecule has 1 heterocycles. The highest BCUT2D eigenvalue weighted by Crippen LogP contribution is 2.21. The normalized spacial score (nSPS) is 11.3. The van der Waals surface area contributed by atoms with Crippen LogP contribution in [0.3, 0.4) is 0 Å². The number of imidazole rings is 1. The van der Waals surface area contributed by atoms with Crippen LogP contribution in [0.2, 0.25) is 0 Å². The van der Waals surface area contributed by atoms with E-state index in [1.807, 2.05) is 60.7 Å². The summed E-state index contributed by atoms with van der Waals surface area (Å²) in [6.07, 6.45) is 1.60. The molecule has 156 valence electrons. The SMILES string of the molecule is CC(C)COc1cccc(/C=N/NC(=O)c2ccc3nc(-c4ccccc4)[nH]c3c2)c1. The first kappa shape index (κ1) is 20.3. The van der Waals surface area contributed by atoms with Gasteiger partial charge in [-0.25, -0.2) is 10.4 Å². The van der Waals surface area contributed by atoms with Gasteiger partial charge in [0.15, 0.2) is 0 Å². The molecule has 4 aromatic rings. The molecular weight excluding hydrogens is 388 g/mol. The highest BCUT2D eigenvalue weighted by molar-refractivity contribution is 5.98. The maximum atomic E-state index is 12.5. The van der Waals surface area contributed by atoms with Gasteiger partial charge in [0.05, 0.1) is 23.9 Å². The Hall–Kier alpha value is -3.93. The molecule has 3 aromatic carbocycles. The van der Waals surface area contributed by atoms with E-state index >= 15 is 0 Å². The molecule has 4 rings (SSSR count). The lowest BCUT2D eigenvalue weighted by Crippen LogP contribution is -2.17. The van der Waals surface area contributed by atoms with E-state index in [-0.39, 0.29) is 5.91 Å². The number of hydrazone groups is 1. The van der Waals surface area contributed by atoms with E-state index < -0.39 is 0 Å². The zero-order valence-electron chi connectivity index (χ0n) is 17.5. The van der Waals surface area contributed by atoms with Crippen molar-refractivity contribution in [2.75, 3.05) is 6.61 Å². The van der Waals surface area contributed by atoms with Gasteiger partial charge in [0, 0.05) is 11.1 Å². The number of carbonyl (C=O) groups is 1. The zero-order valence-corrected chi connectivity index (χ0v) is 17.5.